The summed E-state index contributed by atoms with van der Waals surface area (Å²) in [7, 11) is 0. The maximum atomic E-state index is 11.6. The molecule has 152 valence electrons. The Labute approximate surface area is 163 Å². The van der Waals surface area contributed by atoms with E-state index < -0.39 is 35.7 Å². The van der Waals surface area contributed by atoms with Crippen LogP contribution in [-0.4, -0.2) is 59.2 Å². The third-order valence-electron chi connectivity index (χ3n) is 4.69. The van der Waals surface area contributed by atoms with Crippen molar-refractivity contribution in [3.05, 3.63) is 58.7 Å². The fourth-order valence-corrected chi connectivity index (χ4v) is 3.24. The van der Waals surface area contributed by atoms with Gasteiger partial charge in [-0.1, -0.05) is 30.3 Å². The second-order valence-corrected chi connectivity index (χ2v) is 6.53. The maximum Gasteiger partial charge on any atom is 0.344 e. The Morgan fingerprint density at radius 2 is 2.00 bits per heavy atom. The van der Waals surface area contributed by atoms with Gasteiger partial charge in [0, 0.05) is 0 Å². The summed E-state index contributed by atoms with van der Waals surface area (Å²) in [6.07, 6.45) is -4.79. The summed E-state index contributed by atoms with van der Waals surface area (Å²) in [5, 5.41) is 32.4. The van der Waals surface area contributed by atoms with E-state index in [1.54, 1.807) is 24.3 Å². The zero-order chi connectivity index (χ0) is 20.5. The Bertz CT molecular complexity index is 1010. The lowest BCUT2D eigenvalue weighted by molar-refractivity contribution is -0.592. The highest BCUT2D eigenvalue weighted by Crippen LogP contribution is 2.34. The van der Waals surface area contributed by atoms with Crippen molar-refractivity contribution in [3.63, 3.8) is 0 Å². The number of benzene rings is 1. The van der Waals surface area contributed by atoms with E-state index in [2.05, 4.69) is 15.0 Å². The van der Waals surface area contributed by atoms with E-state index in [0.717, 1.165) is 5.56 Å². The molecule has 0 spiro atoms. The van der Waals surface area contributed by atoms with Crippen molar-refractivity contribution < 1.29 is 24.6 Å². The molecule has 0 radical (unpaired) electrons. The molecule has 5 atom stereocenters. The van der Waals surface area contributed by atoms with Crippen molar-refractivity contribution in [1.82, 2.24) is 19.5 Å². The molecule has 0 aliphatic carbocycles. The molecule has 1 aliphatic heterocycles. The third-order valence-corrected chi connectivity index (χ3v) is 4.69. The number of nitrogens with two attached hydrogens (primary N) is 1. The first-order valence-corrected chi connectivity index (χ1v) is 8.71. The van der Waals surface area contributed by atoms with Crippen LogP contribution in [0.1, 0.15) is 11.8 Å². The highest BCUT2D eigenvalue weighted by molar-refractivity contribution is 5.81. The number of ether oxygens (including phenoxy) is 2. The zero-order valence-corrected chi connectivity index (χ0v) is 15.0. The van der Waals surface area contributed by atoms with E-state index in [1.165, 1.54) is 17.2 Å². The fourth-order valence-electron chi connectivity index (χ4n) is 3.24. The smallest absolute Gasteiger partial charge is 0.344 e. The highest BCUT2D eigenvalue weighted by Gasteiger charge is 2.52. The van der Waals surface area contributed by atoms with E-state index in [4.69, 9.17) is 15.2 Å². The Morgan fingerprint density at radius 3 is 2.72 bits per heavy atom. The van der Waals surface area contributed by atoms with Crippen LogP contribution in [0.3, 0.4) is 0 Å². The van der Waals surface area contributed by atoms with Gasteiger partial charge in [-0.3, -0.25) is 14.7 Å². The van der Waals surface area contributed by atoms with Crippen molar-refractivity contribution in [2.24, 2.45) is 0 Å². The molecular formula is C17H18N6O6. The maximum absolute atomic E-state index is 11.6. The third kappa shape index (κ3) is 3.49. The molecule has 0 bridgehead atoms. The van der Waals surface area contributed by atoms with Crippen molar-refractivity contribution in [1.29, 1.82) is 0 Å². The van der Waals surface area contributed by atoms with Crippen molar-refractivity contribution in [2.75, 3.05) is 5.73 Å². The van der Waals surface area contributed by atoms with Crippen LogP contribution in [-0.2, 0) is 16.1 Å². The van der Waals surface area contributed by atoms with Gasteiger partial charge in [0.05, 0.1) is 17.9 Å². The Balaban J connectivity index is 1.57. The number of nitrogen functional groups attached to an aromatic ring is 1. The van der Waals surface area contributed by atoms with Crippen molar-refractivity contribution in [3.8, 4) is 0 Å². The molecule has 12 nitrogen and oxygen atoms in total. The number of fused-ring (bicyclic) bond motifs is 1. The molecule has 1 unspecified atom stereocenters. The van der Waals surface area contributed by atoms with Gasteiger partial charge in [0.2, 0.25) is 0 Å². The van der Waals surface area contributed by atoms with E-state index in [-0.39, 0.29) is 23.6 Å². The van der Waals surface area contributed by atoms with Gasteiger partial charge in [-0.25, -0.2) is 15.0 Å². The first-order valence-electron chi connectivity index (χ1n) is 8.71. The predicted octanol–water partition coefficient (Wildman–Crippen LogP) is -0.153. The van der Waals surface area contributed by atoms with Gasteiger partial charge in [-0.15, -0.1) is 0 Å². The van der Waals surface area contributed by atoms with Gasteiger partial charge < -0.3 is 25.4 Å². The second kappa shape index (κ2) is 7.67. The normalized spacial score (nSPS) is 25.3. The van der Waals surface area contributed by atoms with Crippen molar-refractivity contribution in [2.45, 2.75) is 37.4 Å². The van der Waals surface area contributed by atoms with Gasteiger partial charge >= 0.3 is 6.23 Å². The predicted molar refractivity (Wildman–Crippen MR) is 97.7 cm³/mol. The molecular weight excluding hydrogens is 384 g/mol. The molecule has 4 N–H and O–H groups in total. The lowest BCUT2D eigenvalue weighted by Gasteiger charge is -2.19. The average molecular weight is 402 g/mol. The topological polar surface area (TPSA) is 172 Å². The van der Waals surface area contributed by atoms with Crippen LogP contribution >= 0.6 is 0 Å². The molecule has 1 fully saturated rings. The van der Waals surface area contributed by atoms with Gasteiger partial charge in [-0.2, -0.15) is 0 Å². The van der Waals surface area contributed by atoms with Gasteiger partial charge in [0.25, 0.3) is 0 Å². The molecule has 1 aliphatic rings. The largest absolute Gasteiger partial charge is 0.387 e. The van der Waals surface area contributed by atoms with Crippen LogP contribution in [0, 0.1) is 10.1 Å². The summed E-state index contributed by atoms with van der Waals surface area (Å²) in [6.45, 7) is -0.0579. The number of aliphatic hydroxyl groups excluding tert-OH is 2. The lowest BCUT2D eigenvalue weighted by atomic mass is 10.1. The Hall–Kier alpha value is -3.19. The Kier molecular flexibility index (Phi) is 5.07. The van der Waals surface area contributed by atoms with Gasteiger partial charge in [0.15, 0.2) is 23.8 Å². The monoisotopic (exact) mass is 402 g/mol. The number of aromatic nitrogens is 4. The summed E-state index contributed by atoms with van der Waals surface area (Å²) in [5.74, 6) is 0.132. The van der Waals surface area contributed by atoms with Crippen LogP contribution in [0.2, 0.25) is 0 Å². The summed E-state index contributed by atoms with van der Waals surface area (Å²) in [6, 6.07) is 8.87. The summed E-state index contributed by atoms with van der Waals surface area (Å²) in [4.78, 5) is 22.8. The van der Waals surface area contributed by atoms with Crippen LogP contribution in [0.5, 0.6) is 0 Å². The van der Waals surface area contributed by atoms with Crippen LogP contribution < -0.4 is 5.73 Å². The van der Waals surface area contributed by atoms with Crippen LogP contribution in [0.15, 0.2) is 43.0 Å². The molecule has 0 saturated carbocycles. The van der Waals surface area contributed by atoms with E-state index >= 15 is 0 Å². The quantitative estimate of drug-likeness (QED) is 0.286. The average Bonchev–Trinajstić information content (AvgIpc) is 3.26. The van der Waals surface area contributed by atoms with E-state index in [1.807, 2.05) is 6.07 Å². The first kappa shape index (κ1) is 19.1. The molecule has 3 heterocycles. The lowest BCUT2D eigenvalue weighted by Crippen LogP contribution is -2.44. The molecule has 1 saturated heterocycles. The van der Waals surface area contributed by atoms with Crippen molar-refractivity contribution >= 4 is 17.0 Å². The van der Waals surface area contributed by atoms with E-state index in [0.29, 0.717) is 0 Å². The van der Waals surface area contributed by atoms with Crippen LogP contribution in [0.25, 0.3) is 11.2 Å². The van der Waals surface area contributed by atoms with E-state index in [9.17, 15) is 20.3 Å². The number of rotatable bonds is 6. The number of hydrogen-bond donors (Lipinski definition) is 3. The number of imidazole rings is 1. The summed E-state index contributed by atoms with van der Waals surface area (Å²) >= 11 is 0. The number of hydrogen-bond acceptors (Lipinski definition) is 10. The van der Waals surface area contributed by atoms with Gasteiger partial charge in [-0.05, 0) is 5.56 Å². The van der Waals surface area contributed by atoms with Crippen LogP contribution in [0.4, 0.5) is 5.82 Å². The highest BCUT2D eigenvalue weighted by atomic mass is 16.7. The first-order chi connectivity index (χ1) is 14.0. The zero-order valence-electron chi connectivity index (χ0n) is 15.0. The molecule has 3 aromatic rings. The van der Waals surface area contributed by atoms with Gasteiger partial charge in [0.1, 0.15) is 24.1 Å². The number of anilines is 1. The molecule has 0 amide bonds. The summed E-state index contributed by atoms with van der Waals surface area (Å²) in [5.41, 5.74) is 7.02. The standard InChI is InChI=1S/C17H18N6O6/c18-14-10-15(20-7-19-14)22(8-21-10)16-12(25)11(24)13(29-16)17(23(26)27)28-6-9-4-2-1-3-5-9/h1-5,7-8,11-13,16-17,24-25H,6H2,(H2,18,19,20)/t11-,12+,13-,16+,17?/m0/s1. The second-order valence-electron chi connectivity index (χ2n) is 6.53. The molecule has 2 aromatic heterocycles. The minimum Gasteiger partial charge on any atom is -0.387 e. The number of nitrogens with zero attached hydrogens (tertiary/aromatic N) is 5. The molecule has 4 rings (SSSR count). The summed E-state index contributed by atoms with van der Waals surface area (Å²) < 4.78 is 12.4. The minimum absolute atomic E-state index is 0.0579. The molecule has 1 aromatic carbocycles. The SMILES string of the molecule is Nc1ncnc2c1ncn2[C@@H]1O[C@H](C(OCc2ccccc2)[N+](=O)[O-])[C@@H](O)[C@H]1O. The number of aliphatic hydroxyl groups is 2. The molecule has 12 heteroatoms. The minimum atomic E-state index is -1.70. The number of nitro groups is 1. The Morgan fingerprint density at radius 1 is 1.24 bits per heavy atom. The molecule has 29 heavy (non-hydrogen) atoms. The fraction of sp³-hybridized carbons (Fsp3) is 0.353.